The molecule has 0 saturated carbocycles. The summed E-state index contributed by atoms with van der Waals surface area (Å²) >= 11 is 4.90. The third-order valence-corrected chi connectivity index (χ3v) is 2.46. The molecule has 0 bridgehead atoms. The van der Waals surface area contributed by atoms with Gasteiger partial charge in [-0.3, -0.25) is 0 Å². The molecule has 1 aromatic heterocycles. The highest BCUT2D eigenvalue weighted by molar-refractivity contribution is 7.80. The molecule has 3 N–H and O–H groups in total. The van der Waals surface area contributed by atoms with Crippen molar-refractivity contribution in [3.63, 3.8) is 0 Å². The van der Waals surface area contributed by atoms with Crippen molar-refractivity contribution in [2.45, 2.75) is 12.1 Å². The normalized spacial score (nSPS) is 24.0. The van der Waals surface area contributed by atoms with Gasteiger partial charge in [-0.25, -0.2) is 4.98 Å². The molecule has 1 unspecified atom stereocenters. The number of rotatable bonds is 2. The Bertz CT molecular complexity index is 407. The maximum Gasteiger partial charge on any atom is 0.165 e. The molecule has 0 aromatic carbocycles. The Labute approximate surface area is 93.5 Å². The van der Waals surface area contributed by atoms with E-state index in [-0.39, 0.29) is 5.11 Å². The molecule has 1 aromatic rings. The van der Waals surface area contributed by atoms with Crippen LogP contribution in [0.2, 0.25) is 0 Å². The van der Waals surface area contributed by atoms with Crippen LogP contribution in [0.15, 0.2) is 43.0 Å². The van der Waals surface area contributed by atoms with Crippen molar-refractivity contribution < 1.29 is 0 Å². The van der Waals surface area contributed by atoms with Crippen LogP contribution in [0.25, 0.3) is 0 Å². The zero-order valence-corrected chi connectivity index (χ0v) is 8.95. The number of nitrogens with zero attached hydrogens (tertiary/aromatic N) is 2. The first kappa shape index (κ1) is 9.92. The monoisotopic (exact) mass is 220 g/mol. The quantitative estimate of drug-likeness (QED) is 0.727. The van der Waals surface area contributed by atoms with Crippen LogP contribution < -0.4 is 11.1 Å². The number of allylic oxidation sites excluding steroid dienone is 2. The molecule has 0 fully saturated rings. The average Bonchev–Trinajstić information content (AvgIpc) is 2.71. The molecule has 1 aliphatic carbocycles. The standard InChI is InChI=1S/C10H12N4S/c11-9(15)13-10(4-2-1-3-5-10)14-7-6-12-8-14/h1-4,6-8H,5H2,(H3,11,13,15). The predicted octanol–water partition coefficient (Wildman–Crippen LogP) is 0.885. The smallest absolute Gasteiger partial charge is 0.165 e. The summed E-state index contributed by atoms with van der Waals surface area (Å²) in [7, 11) is 0. The molecule has 1 aliphatic rings. The summed E-state index contributed by atoms with van der Waals surface area (Å²) in [5.41, 5.74) is 5.14. The van der Waals surface area contributed by atoms with Gasteiger partial charge in [0.2, 0.25) is 0 Å². The Kier molecular flexibility index (Phi) is 2.55. The van der Waals surface area contributed by atoms with E-state index in [9.17, 15) is 0 Å². The predicted molar refractivity (Wildman–Crippen MR) is 63.0 cm³/mol. The minimum absolute atomic E-state index is 0.281. The van der Waals surface area contributed by atoms with E-state index in [0.29, 0.717) is 0 Å². The largest absolute Gasteiger partial charge is 0.376 e. The summed E-state index contributed by atoms with van der Waals surface area (Å²) in [6, 6.07) is 0. The van der Waals surface area contributed by atoms with E-state index < -0.39 is 5.66 Å². The van der Waals surface area contributed by atoms with E-state index in [4.69, 9.17) is 18.0 Å². The van der Waals surface area contributed by atoms with Gasteiger partial charge < -0.3 is 15.6 Å². The van der Waals surface area contributed by atoms with Gasteiger partial charge in [-0.1, -0.05) is 18.2 Å². The molecule has 0 spiro atoms. The molecule has 0 radical (unpaired) electrons. The molecule has 78 valence electrons. The number of hydrogen-bond donors (Lipinski definition) is 2. The lowest BCUT2D eigenvalue weighted by molar-refractivity contribution is 0.340. The molecular formula is C10H12N4S. The summed E-state index contributed by atoms with van der Waals surface area (Å²) in [6.07, 6.45) is 14.2. The molecule has 0 saturated heterocycles. The number of thiocarbonyl (C=S) groups is 1. The lowest BCUT2D eigenvalue weighted by Gasteiger charge is -2.33. The van der Waals surface area contributed by atoms with Crippen LogP contribution >= 0.6 is 12.2 Å². The second kappa shape index (κ2) is 3.86. The van der Waals surface area contributed by atoms with Crippen LogP contribution in [0.5, 0.6) is 0 Å². The second-order valence-corrected chi connectivity index (χ2v) is 3.81. The maximum atomic E-state index is 5.54. The molecule has 0 aliphatic heterocycles. The Hall–Kier alpha value is -1.62. The molecule has 5 heteroatoms. The van der Waals surface area contributed by atoms with E-state index in [2.05, 4.69) is 16.4 Å². The SMILES string of the molecule is NC(=S)NC1(n2ccnc2)C=CC=CC1. The van der Waals surface area contributed by atoms with Crippen LogP contribution in [0.3, 0.4) is 0 Å². The molecule has 15 heavy (non-hydrogen) atoms. The van der Waals surface area contributed by atoms with E-state index in [1.807, 2.05) is 29.0 Å². The second-order valence-electron chi connectivity index (χ2n) is 3.37. The Morgan fingerprint density at radius 1 is 1.53 bits per heavy atom. The fourth-order valence-electron chi connectivity index (χ4n) is 1.67. The van der Waals surface area contributed by atoms with E-state index in [1.165, 1.54) is 0 Å². The third kappa shape index (κ3) is 1.92. The highest BCUT2D eigenvalue weighted by Gasteiger charge is 2.28. The van der Waals surface area contributed by atoms with Crippen molar-refractivity contribution in [3.05, 3.63) is 43.0 Å². The number of aromatic nitrogens is 2. The zero-order chi connectivity index (χ0) is 10.7. The minimum atomic E-state index is -0.406. The van der Waals surface area contributed by atoms with Crippen LogP contribution in [-0.2, 0) is 5.66 Å². The summed E-state index contributed by atoms with van der Waals surface area (Å²) in [5, 5.41) is 3.37. The number of nitrogens with one attached hydrogen (secondary N) is 1. The topological polar surface area (TPSA) is 55.9 Å². The lowest BCUT2D eigenvalue weighted by Crippen LogP contribution is -2.50. The average molecular weight is 220 g/mol. The Morgan fingerprint density at radius 2 is 2.40 bits per heavy atom. The molecule has 2 rings (SSSR count). The Morgan fingerprint density at radius 3 is 2.93 bits per heavy atom. The Balaban J connectivity index is 2.35. The van der Waals surface area contributed by atoms with Gasteiger partial charge in [0.25, 0.3) is 0 Å². The van der Waals surface area contributed by atoms with Crippen molar-refractivity contribution in [1.29, 1.82) is 0 Å². The first-order chi connectivity index (χ1) is 7.23. The van der Waals surface area contributed by atoms with E-state index in [0.717, 1.165) is 6.42 Å². The lowest BCUT2D eigenvalue weighted by atomic mass is 10.0. The van der Waals surface area contributed by atoms with Crippen molar-refractivity contribution in [1.82, 2.24) is 14.9 Å². The van der Waals surface area contributed by atoms with Crippen LogP contribution in [0.4, 0.5) is 0 Å². The first-order valence-corrected chi connectivity index (χ1v) is 5.04. The van der Waals surface area contributed by atoms with Gasteiger partial charge in [-0.05, 0) is 18.3 Å². The molecule has 4 nitrogen and oxygen atoms in total. The maximum absolute atomic E-state index is 5.54. The number of hydrogen-bond acceptors (Lipinski definition) is 2. The number of nitrogens with two attached hydrogens (primary N) is 1. The molecule has 1 atom stereocenters. The van der Waals surface area contributed by atoms with Gasteiger partial charge in [-0.2, -0.15) is 0 Å². The van der Waals surface area contributed by atoms with Gasteiger partial charge >= 0.3 is 0 Å². The highest BCUT2D eigenvalue weighted by Crippen LogP contribution is 2.23. The van der Waals surface area contributed by atoms with Crippen molar-refractivity contribution >= 4 is 17.3 Å². The minimum Gasteiger partial charge on any atom is -0.376 e. The van der Waals surface area contributed by atoms with Crippen molar-refractivity contribution in [3.8, 4) is 0 Å². The van der Waals surface area contributed by atoms with Gasteiger partial charge in [0.15, 0.2) is 5.11 Å². The van der Waals surface area contributed by atoms with E-state index >= 15 is 0 Å². The van der Waals surface area contributed by atoms with Gasteiger partial charge in [0, 0.05) is 18.8 Å². The fourth-order valence-corrected chi connectivity index (χ4v) is 1.84. The summed E-state index contributed by atoms with van der Waals surface area (Å²) in [5.74, 6) is 0. The summed E-state index contributed by atoms with van der Waals surface area (Å²) < 4.78 is 1.95. The number of imidazole rings is 1. The molecule has 1 heterocycles. The fraction of sp³-hybridized carbons (Fsp3) is 0.200. The van der Waals surface area contributed by atoms with Crippen LogP contribution in [0, 0.1) is 0 Å². The summed E-state index contributed by atoms with van der Waals surface area (Å²) in [4.78, 5) is 4.03. The van der Waals surface area contributed by atoms with Crippen molar-refractivity contribution in [2.75, 3.05) is 0 Å². The highest BCUT2D eigenvalue weighted by atomic mass is 32.1. The van der Waals surface area contributed by atoms with E-state index in [1.54, 1.807) is 12.5 Å². The molecule has 0 amide bonds. The van der Waals surface area contributed by atoms with Gasteiger partial charge in [0.05, 0.1) is 6.33 Å². The first-order valence-electron chi connectivity index (χ1n) is 4.63. The van der Waals surface area contributed by atoms with Gasteiger partial charge in [-0.15, -0.1) is 0 Å². The van der Waals surface area contributed by atoms with Crippen LogP contribution in [-0.4, -0.2) is 14.7 Å². The van der Waals surface area contributed by atoms with Gasteiger partial charge in [0.1, 0.15) is 5.66 Å². The van der Waals surface area contributed by atoms with Crippen molar-refractivity contribution in [2.24, 2.45) is 5.73 Å². The van der Waals surface area contributed by atoms with Crippen LogP contribution in [0.1, 0.15) is 6.42 Å². The molecular weight excluding hydrogens is 208 g/mol. The zero-order valence-electron chi connectivity index (χ0n) is 8.13. The third-order valence-electron chi connectivity index (χ3n) is 2.35. The summed E-state index contributed by atoms with van der Waals surface area (Å²) in [6.45, 7) is 0.